The first-order chi connectivity index (χ1) is 11.2. The number of anilines is 1. The third kappa shape index (κ3) is 4.30. The highest BCUT2D eigenvalue weighted by Crippen LogP contribution is 2.25. The van der Waals surface area contributed by atoms with Crippen molar-refractivity contribution in [2.24, 2.45) is 10.9 Å². The van der Waals surface area contributed by atoms with E-state index >= 15 is 0 Å². The van der Waals surface area contributed by atoms with Gasteiger partial charge in [-0.25, -0.2) is 0 Å². The number of benzene rings is 1. The van der Waals surface area contributed by atoms with E-state index < -0.39 is 0 Å². The molecule has 0 radical (unpaired) electrons. The van der Waals surface area contributed by atoms with Crippen LogP contribution < -0.4 is 5.32 Å². The Morgan fingerprint density at radius 1 is 1.30 bits per heavy atom. The monoisotopic (exact) mass is 348 g/mol. The van der Waals surface area contributed by atoms with Gasteiger partial charge in [-0.05, 0) is 49.3 Å². The van der Waals surface area contributed by atoms with Crippen LogP contribution in [0.5, 0.6) is 0 Å². The van der Waals surface area contributed by atoms with Gasteiger partial charge < -0.3 is 5.32 Å². The van der Waals surface area contributed by atoms with Crippen molar-refractivity contribution in [1.82, 2.24) is 9.59 Å². The molecule has 2 aromatic rings. The lowest BCUT2D eigenvalue weighted by Crippen LogP contribution is -2.17. The second-order valence-electron chi connectivity index (χ2n) is 5.99. The van der Waals surface area contributed by atoms with Crippen LogP contribution in [0.15, 0.2) is 29.3 Å². The van der Waals surface area contributed by atoms with Gasteiger partial charge in [-0.2, -0.15) is 0 Å². The molecule has 0 unspecified atom stereocenters. The maximum absolute atomic E-state index is 6.27. The van der Waals surface area contributed by atoms with E-state index in [1.54, 1.807) is 0 Å². The summed E-state index contributed by atoms with van der Waals surface area (Å²) in [5, 5.41) is 8.18. The molecular formula is C17H21ClN4S. The van der Waals surface area contributed by atoms with E-state index in [9.17, 15) is 0 Å². The van der Waals surface area contributed by atoms with Crippen LogP contribution in [0.3, 0.4) is 0 Å². The summed E-state index contributed by atoms with van der Waals surface area (Å²) < 4.78 is 4.04. The number of aryl methyl sites for hydroxylation is 1. The Kier molecular flexibility index (Phi) is 5.62. The van der Waals surface area contributed by atoms with E-state index in [1.165, 1.54) is 43.6 Å². The van der Waals surface area contributed by atoms with Crippen LogP contribution in [0.2, 0.25) is 5.02 Å². The average Bonchev–Trinajstić information content (AvgIpc) is 3.00. The van der Waals surface area contributed by atoms with Gasteiger partial charge in [0.15, 0.2) is 0 Å². The predicted molar refractivity (Wildman–Crippen MR) is 97.7 cm³/mol. The fourth-order valence-electron chi connectivity index (χ4n) is 2.90. The Labute approximate surface area is 146 Å². The summed E-state index contributed by atoms with van der Waals surface area (Å²) in [6.45, 7) is 2.81. The van der Waals surface area contributed by atoms with Crippen LogP contribution >= 0.6 is 23.1 Å². The highest BCUT2D eigenvalue weighted by atomic mass is 35.5. The van der Waals surface area contributed by atoms with Crippen LogP contribution in [0.1, 0.15) is 42.7 Å². The summed E-state index contributed by atoms with van der Waals surface area (Å²) in [5.41, 5.74) is 1.77. The van der Waals surface area contributed by atoms with Gasteiger partial charge in [0, 0.05) is 6.54 Å². The quantitative estimate of drug-likeness (QED) is 0.629. The Morgan fingerprint density at radius 3 is 2.78 bits per heavy atom. The minimum absolute atomic E-state index is 0.688. The van der Waals surface area contributed by atoms with E-state index in [2.05, 4.69) is 14.9 Å². The molecule has 23 heavy (non-hydrogen) atoms. The minimum atomic E-state index is 0.688. The van der Waals surface area contributed by atoms with E-state index in [0.29, 0.717) is 10.9 Å². The number of aliphatic imine (C=N–C) groups is 1. The first-order valence-corrected chi connectivity index (χ1v) is 9.24. The van der Waals surface area contributed by atoms with Crippen molar-refractivity contribution in [2.75, 3.05) is 11.9 Å². The largest absolute Gasteiger partial charge is 0.338 e. The lowest BCUT2D eigenvalue weighted by molar-refractivity contribution is 0.367. The molecule has 1 saturated carbocycles. The molecule has 3 rings (SSSR count). The first kappa shape index (κ1) is 16.4. The van der Waals surface area contributed by atoms with E-state index in [4.69, 9.17) is 16.6 Å². The molecule has 1 aliphatic rings. The number of nitrogens with zero attached hydrogens (tertiary/aromatic N) is 3. The highest BCUT2D eigenvalue weighted by Gasteiger charge is 2.16. The van der Waals surface area contributed by atoms with Crippen molar-refractivity contribution >= 4 is 34.7 Å². The van der Waals surface area contributed by atoms with Gasteiger partial charge in [-0.15, -0.1) is 5.10 Å². The van der Waals surface area contributed by atoms with Gasteiger partial charge in [0.1, 0.15) is 10.7 Å². The lowest BCUT2D eigenvalue weighted by Gasteiger charge is -2.20. The molecule has 0 amide bonds. The Hall–Kier alpha value is -1.46. The fraction of sp³-hybridized carbons (Fsp3) is 0.471. The van der Waals surface area contributed by atoms with Gasteiger partial charge in [-0.1, -0.05) is 47.5 Å². The molecule has 122 valence electrons. The molecule has 1 fully saturated rings. The molecule has 0 aliphatic heterocycles. The summed E-state index contributed by atoms with van der Waals surface area (Å²) >= 11 is 7.64. The molecule has 0 spiro atoms. The van der Waals surface area contributed by atoms with Crippen LogP contribution in [-0.2, 0) is 0 Å². The standard InChI is InChI=1S/C17H21ClN4S/c1-12-16(23-22-21-12)17(19-11-13-7-3-2-4-8-13)20-15-10-6-5-9-14(15)18/h5-6,9-10,13H,2-4,7-8,11H2,1H3,(H,19,20). The van der Waals surface area contributed by atoms with Crippen LogP contribution in [-0.4, -0.2) is 22.0 Å². The number of hydrogen-bond donors (Lipinski definition) is 1. The van der Waals surface area contributed by atoms with Gasteiger partial charge in [0.25, 0.3) is 0 Å². The normalized spacial score (nSPS) is 16.5. The van der Waals surface area contributed by atoms with Crippen molar-refractivity contribution in [1.29, 1.82) is 0 Å². The Bertz CT molecular complexity index is 677. The van der Waals surface area contributed by atoms with Crippen molar-refractivity contribution in [3.8, 4) is 0 Å². The van der Waals surface area contributed by atoms with E-state index in [-0.39, 0.29) is 0 Å². The minimum Gasteiger partial charge on any atom is -0.338 e. The van der Waals surface area contributed by atoms with Crippen molar-refractivity contribution in [3.63, 3.8) is 0 Å². The van der Waals surface area contributed by atoms with Crippen LogP contribution in [0.4, 0.5) is 5.69 Å². The molecule has 0 atom stereocenters. The molecule has 0 saturated heterocycles. The zero-order chi connectivity index (χ0) is 16.1. The van der Waals surface area contributed by atoms with Crippen molar-refractivity contribution < 1.29 is 0 Å². The summed E-state index contributed by atoms with van der Waals surface area (Å²) in [5.74, 6) is 1.52. The second-order valence-corrected chi connectivity index (χ2v) is 7.15. The fourth-order valence-corrected chi connectivity index (χ4v) is 3.70. The topological polar surface area (TPSA) is 50.2 Å². The number of aromatic nitrogens is 2. The van der Waals surface area contributed by atoms with Crippen molar-refractivity contribution in [2.45, 2.75) is 39.0 Å². The van der Waals surface area contributed by atoms with E-state index in [1.807, 2.05) is 31.2 Å². The molecule has 1 heterocycles. The highest BCUT2D eigenvalue weighted by molar-refractivity contribution is 7.08. The summed E-state index contributed by atoms with van der Waals surface area (Å²) in [4.78, 5) is 5.85. The van der Waals surface area contributed by atoms with E-state index in [0.717, 1.165) is 28.6 Å². The summed E-state index contributed by atoms with van der Waals surface area (Å²) in [7, 11) is 0. The Morgan fingerprint density at radius 2 is 2.09 bits per heavy atom. The molecule has 6 heteroatoms. The number of rotatable bonds is 4. The lowest BCUT2D eigenvalue weighted by atomic mass is 9.89. The van der Waals surface area contributed by atoms with Crippen LogP contribution in [0.25, 0.3) is 0 Å². The summed E-state index contributed by atoms with van der Waals surface area (Å²) in [6, 6.07) is 7.72. The number of hydrogen-bond acceptors (Lipinski definition) is 4. The average molecular weight is 349 g/mol. The van der Waals surface area contributed by atoms with Gasteiger partial charge >= 0.3 is 0 Å². The molecular weight excluding hydrogens is 328 g/mol. The first-order valence-electron chi connectivity index (χ1n) is 8.09. The zero-order valence-corrected chi connectivity index (χ0v) is 14.8. The number of halogens is 1. The SMILES string of the molecule is Cc1nnsc1C(=NCC1CCCCC1)Nc1ccccc1Cl. The maximum Gasteiger partial charge on any atom is 0.146 e. The number of amidine groups is 1. The molecule has 1 N–H and O–H groups in total. The molecule has 1 aromatic carbocycles. The third-order valence-corrected chi connectivity index (χ3v) is 5.39. The van der Waals surface area contributed by atoms with Crippen LogP contribution in [0, 0.1) is 12.8 Å². The van der Waals surface area contributed by atoms with Gasteiger partial charge in [-0.3, -0.25) is 4.99 Å². The predicted octanol–water partition coefficient (Wildman–Crippen LogP) is 4.94. The van der Waals surface area contributed by atoms with Crippen molar-refractivity contribution in [3.05, 3.63) is 39.9 Å². The zero-order valence-electron chi connectivity index (χ0n) is 13.3. The van der Waals surface area contributed by atoms with Gasteiger partial charge in [0.05, 0.1) is 16.4 Å². The Balaban J connectivity index is 1.82. The molecule has 1 aliphatic carbocycles. The molecule has 4 nitrogen and oxygen atoms in total. The third-order valence-electron chi connectivity index (χ3n) is 4.23. The van der Waals surface area contributed by atoms with Gasteiger partial charge in [0.2, 0.25) is 0 Å². The molecule has 0 bridgehead atoms. The maximum atomic E-state index is 6.27. The second kappa shape index (κ2) is 7.88. The summed E-state index contributed by atoms with van der Waals surface area (Å²) in [6.07, 6.45) is 6.58. The number of nitrogens with one attached hydrogen (secondary N) is 1. The smallest absolute Gasteiger partial charge is 0.146 e. The number of para-hydroxylation sites is 1. The molecule has 1 aromatic heterocycles.